The van der Waals surface area contributed by atoms with Gasteiger partial charge in [0.2, 0.25) is 0 Å². The molecule has 180 valence electrons. The topological polar surface area (TPSA) is 89.9 Å². The third-order valence-electron chi connectivity index (χ3n) is 9.33. The van der Waals surface area contributed by atoms with Gasteiger partial charge in [-0.2, -0.15) is 0 Å². The van der Waals surface area contributed by atoms with E-state index >= 15 is 0 Å². The van der Waals surface area contributed by atoms with Gasteiger partial charge in [-0.25, -0.2) is 0 Å². The molecule has 0 aliphatic heterocycles. The minimum absolute atomic E-state index is 0.142. The number of hydrogen-bond acceptors (Lipinski definition) is 6. The molecule has 4 aliphatic carbocycles. The summed E-state index contributed by atoms with van der Waals surface area (Å²) < 4.78 is 10.3. The highest BCUT2D eigenvalue weighted by Gasteiger charge is 2.62. The van der Waals surface area contributed by atoms with Crippen LogP contribution in [0.4, 0.5) is 0 Å². The number of terminal acetylenes is 1. The Morgan fingerprint density at radius 2 is 1.82 bits per heavy atom. The second-order valence-electron chi connectivity index (χ2n) is 10.5. The molecule has 4 rings (SSSR count). The zero-order valence-electron chi connectivity index (χ0n) is 20.0. The molecule has 6 nitrogen and oxygen atoms in total. The van der Waals surface area contributed by atoms with Crippen LogP contribution in [-0.4, -0.2) is 41.6 Å². The van der Waals surface area contributed by atoms with Crippen LogP contribution in [-0.2, 0) is 23.9 Å². The molecule has 33 heavy (non-hydrogen) atoms. The molecule has 0 aromatic heterocycles. The monoisotopic (exact) mass is 456 g/mol. The second kappa shape index (κ2) is 8.91. The number of fused-ring (bicyclic) bond motifs is 5. The van der Waals surface area contributed by atoms with Gasteiger partial charge in [0.1, 0.15) is 5.60 Å². The molecule has 6 heteroatoms. The Labute approximate surface area is 196 Å². The lowest BCUT2D eigenvalue weighted by atomic mass is 9.50. The molecule has 1 N–H and O–H groups in total. The lowest BCUT2D eigenvalue weighted by Gasteiger charge is -2.55. The molecule has 4 aliphatic rings. The Morgan fingerprint density at radius 3 is 2.42 bits per heavy atom. The summed E-state index contributed by atoms with van der Waals surface area (Å²) in [5.41, 5.74) is -0.187. The van der Waals surface area contributed by atoms with Crippen molar-refractivity contribution >= 4 is 17.7 Å². The van der Waals surface area contributed by atoms with Crippen molar-refractivity contribution in [2.75, 3.05) is 13.2 Å². The number of ether oxygens (including phenoxy) is 2. The van der Waals surface area contributed by atoms with E-state index in [0.717, 1.165) is 37.7 Å². The fraction of sp³-hybridized carbons (Fsp3) is 0.741. The van der Waals surface area contributed by atoms with Gasteiger partial charge in [0.25, 0.3) is 0 Å². The normalized spacial score (nSPS) is 39.6. The maximum atomic E-state index is 13.1. The first kappa shape index (κ1) is 24.0. The van der Waals surface area contributed by atoms with Crippen molar-refractivity contribution in [1.29, 1.82) is 0 Å². The van der Waals surface area contributed by atoms with E-state index in [9.17, 15) is 19.5 Å². The molecule has 0 radical (unpaired) electrons. The minimum atomic E-state index is -1.22. The van der Waals surface area contributed by atoms with E-state index in [4.69, 9.17) is 15.9 Å². The number of carbonyl (C=O) groups excluding carboxylic acids is 3. The van der Waals surface area contributed by atoms with Crippen LogP contribution in [0.3, 0.4) is 0 Å². The first-order chi connectivity index (χ1) is 15.7. The molecule has 0 saturated heterocycles. The molecule has 0 aromatic rings. The third kappa shape index (κ3) is 3.73. The maximum Gasteiger partial charge on any atom is 0.321 e. The molecule has 7 atom stereocenters. The summed E-state index contributed by atoms with van der Waals surface area (Å²) in [6.07, 6.45) is 13.1. The summed E-state index contributed by atoms with van der Waals surface area (Å²) in [6.45, 7) is 5.80. The highest BCUT2D eigenvalue weighted by atomic mass is 16.6. The molecule has 0 amide bonds. The summed E-state index contributed by atoms with van der Waals surface area (Å²) in [6, 6.07) is 0. The predicted octanol–water partition coefficient (Wildman–Crippen LogP) is 3.46. The van der Waals surface area contributed by atoms with Crippen LogP contribution < -0.4 is 0 Å². The van der Waals surface area contributed by atoms with Crippen molar-refractivity contribution in [2.45, 2.75) is 71.3 Å². The maximum absolute atomic E-state index is 13.1. The van der Waals surface area contributed by atoms with Crippen molar-refractivity contribution in [3.63, 3.8) is 0 Å². The number of hydrogen-bond donors (Lipinski definition) is 1. The van der Waals surface area contributed by atoms with E-state index in [0.29, 0.717) is 30.6 Å². The van der Waals surface area contributed by atoms with Crippen molar-refractivity contribution in [3.8, 4) is 12.3 Å². The summed E-state index contributed by atoms with van der Waals surface area (Å²) in [5.74, 6) is 0.495. The SMILES string of the molecule is C#C[C@]1(O)CCC2C3CCC4=CC(=O)C(C(C(=O)OCC)C(=O)OCC)C[C@@H]4C3CC[C@@]21C. The lowest BCUT2D eigenvalue weighted by molar-refractivity contribution is -0.167. The van der Waals surface area contributed by atoms with Crippen molar-refractivity contribution in [2.24, 2.45) is 40.9 Å². The van der Waals surface area contributed by atoms with Gasteiger partial charge >= 0.3 is 11.9 Å². The Balaban J connectivity index is 1.61. The highest BCUT2D eigenvalue weighted by Crippen LogP contribution is 2.65. The predicted molar refractivity (Wildman–Crippen MR) is 122 cm³/mol. The average Bonchev–Trinajstić information content (AvgIpc) is 3.06. The van der Waals surface area contributed by atoms with Gasteiger partial charge in [0, 0.05) is 11.3 Å². The zero-order valence-corrected chi connectivity index (χ0v) is 20.0. The Morgan fingerprint density at radius 1 is 1.15 bits per heavy atom. The summed E-state index contributed by atoms with van der Waals surface area (Å²) in [7, 11) is 0. The molecule has 0 spiro atoms. The Bertz CT molecular complexity index is 881. The quantitative estimate of drug-likeness (QED) is 0.387. The molecular weight excluding hydrogens is 420 g/mol. The van der Waals surface area contributed by atoms with E-state index in [-0.39, 0.29) is 30.3 Å². The fourth-order valence-corrected chi connectivity index (χ4v) is 7.65. The first-order valence-electron chi connectivity index (χ1n) is 12.5. The summed E-state index contributed by atoms with van der Waals surface area (Å²) in [4.78, 5) is 38.5. The smallest absolute Gasteiger partial charge is 0.321 e. The van der Waals surface area contributed by atoms with Gasteiger partial charge in [0.15, 0.2) is 11.7 Å². The van der Waals surface area contributed by atoms with Gasteiger partial charge in [-0.1, -0.05) is 18.4 Å². The number of ketones is 1. The van der Waals surface area contributed by atoms with Crippen LogP contribution in [0.15, 0.2) is 11.6 Å². The summed E-state index contributed by atoms with van der Waals surface area (Å²) >= 11 is 0. The molecule has 4 unspecified atom stereocenters. The first-order valence-corrected chi connectivity index (χ1v) is 12.5. The standard InChI is InChI=1S/C27H36O6/c1-5-27(31)13-11-21-18-9-8-16-14-22(28)20(15-19(16)17(18)10-12-26(21,27)4)23(24(29)32-6-2)25(30)33-7-3/h1,14,17-21,23,31H,6-13,15H2,2-4H3/t17?,18?,19-,20?,21?,26-,27-/m0/s1. The van der Waals surface area contributed by atoms with Crippen LogP contribution in [0.2, 0.25) is 0 Å². The highest BCUT2D eigenvalue weighted by molar-refractivity contribution is 6.04. The number of rotatable bonds is 5. The number of esters is 2. The van der Waals surface area contributed by atoms with Crippen LogP contribution in [0, 0.1) is 53.3 Å². The van der Waals surface area contributed by atoms with Crippen molar-refractivity contribution in [3.05, 3.63) is 11.6 Å². The zero-order chi connectivity index (χ0) is 24.0. The molecule has 0 heterocycles. The molecule has 0 aromatic carbocycles. The molecular formula is C27H36O6. The average molecular weight is 457 g/mol. The Hall–Kier alpha value is -2.13. The number of carbonyl (C=O) groups is 3. The molecule has 3 fully saturated rings. The molecule has 0 bridgehead atoms. The second-order valence-corrected chi connectivity index (χ2v) is 10.5. The van der Waals surface area contributed by atoms with E-state index in [1.807, 2.05) is 0 Å². The van der Waals surface area contributed by atoms with E-state index in [1.54, 1.807) is 19.9 Å². The fourth-order valence-electron chi connectivity index (χ4n) is 7.65. The Kier molecular flexibility index (Phi) is 6.48. The summed E-state index contributed by atoms with van der Waals surface area (Å²) in [5, 5.41) is 11.2. The number of aliphatic hydroxyl groups is 1. The van der Waals surface area contributed by atoms with Gasteiger partial charge in [-0.15, -0.1) is 6.42 Å². The van der Waals surface area contributed by atoms with Crippen molar-refractivity contribution in [1.82, 2.24) is 0 Å². The van der Waals surface area contributed by atoms with E-state index in [2.05, 4.69) is 12.8 Å². The van der Waals surface area contributed by atoms with Gasteiger partial charge in [-0.05, 0) is 88.5 Å². The van der Waals surface area contributed by atoms with Crippen LogP contribution >= 0.6 is 0 Å². The van der Waals surface area contributed by atoms with E-state index < -0.39 is 29.4 Å². The number of allylic oxidation sites excluding steroid dienone is 1. The van der Waals surface area contributed by atoms with E-state index in [1.165, 1.54) is 0 Å². The third-order valence-corrected chi connectivity index (χ3v) is 9.33. The largest absolute Gasteiger partial charge is 0.465 e. The van der Waals surface area contributed by atoms with Crippen LogP contribution in [0.5, 0.6) is 0 Å². The lowest BCUT2D eigenvalue weighted by Crippen LogP contribution is -2.53. The van der Waals surface area contributed by atoms with Gasteiger partial charge in [-0.3, -0.25) is 14.4 Å². The van der Waals surface area contributed by atoms with Crippen molar-refractivity contribution < 1.29 is 29.0 Å². The molecule has 3 saturated carbocycles. The van der Waals surface area contributed by atoms with Crippen LogP contribution in [0.1, 0.15) is 65.7 Å². The van der Waals surface area contributed by atoms with Crippen LogP contribution in [0.25, 0.3) is 0 Å². The van der Waals surface area contributed by atoms with Gasteiger partial charge in [0.05, 0.1) is 13.2 Å². The van der Waals surface area contributed by atoms with Gasteiger partial charge < -0.3 is 14.6 Å². The minimum Gasteiger partial charge on any atom is -0.465 e.